The molecule has 0 aromatic carbocycles. The number of carbonyl (C=O) groups is 2. The Balaban J connectivity index is 2.02. The van der Waals surface area contributed by atoms with Crippen LogP contribution in [-0.4, -0.2) is 37.5 Å². The van der Waals surface area contributed by atoms with E-state index in [9.17, 15) is 9.59 Å². The summed E-state index contributed by atoms with van der Waals surface area (Å²) >= 11 is 1.38. The molecule has 0 radical (unpaired) electrons. The Morgan fingerprint density at radius 3 is 2.74 bits per heavy atom. The Kier molecular flexibility index (Phi) is 5.57. The Hall–Kier alpha value is -2.12. The average Bonchev–Trinajstić information content (AvgIpc) is 3.07. The first kappa shape index (κ1) is 17.2. The molecule has 0 fully saturated rings. The number of nitrogens with zero attached hydrogens (tertiary/aromatic N) is 1. The molecule has 0 aliphatic rings. The molecule has 0 bridgehead atoms. The lowest BCUT2D eigenvalue weighted by molar-refractivity contribution is -0.117. The molecule has 0 aliphatic heterocycles. The van der Waals surface area contributed by atoms with Gasteiger partial charge in [-0.3, -0.25) is 9.69 Å². The summed E-state index contributed by atoms with van der Waals surface area (Å²) < 4.78 is 10.1. The number of ether oxygens (including phenoxy) is 1. The van der Waals surface area contributed by atoms with Crippen molar-refractivity contribution in [3.8, 4) is 0 Å². The molecule has 0 unspecified atom stereocenters. The van der Waals surface area contributed by atoms with Gasteiger partial charge in [-0.1, -0.05) is 0 Å². The number of carbonyl (C=O) groups excluding carboxylic acids is 2. The minimum atomic E-state index is -0.439. The van der Waals surface area contributed by atoms with E-state index in [2.05, 4.69) is 5.32 Å². The maximum atomic E-state index is 12.2. The van der Waals surface area contributed by atoms with Gasteiger partial charge in [0, 0.05) is 4.88 Å². The molecular formula is C16H20N2O4S. The number of aryl methyl sites for hydroxylation is 1. The standard InChI is InChI=1S/C16H20N2O4S/c1-10-11(2)23-15(14(10)16(20)21-4)17-13(19)9-18(3)8-12-6-5-7-22-12/h5-7H,8-9H2,1-4H3,(H,17,19). The number of esters is 1. The van der Waals surface area contributed by atoms with Crippen LogP contribution in [0, 0.1) is 13.8 Å². The van der Waals surface area contributed by atoms with Crippen LogP contribution in [0.3, 0.4) is 0 Å². The fourth-order valence-corrected chi connectivity index (χ4v) is 3.26. The second-order valence-electron chi connectivity index (χ2n) is 5.28. The molecule has 7 heteroatoms. The van der Waals surface area contributed by atoms with E-state index >= 15 is 0 Å². The van der Waals surface area contributed by atoms with Gasteiger partial charge in [0.2, 0.25) is 5.91 Å². The summed E-state index contributed by atoms with van der Waals surface area (Å²) in [5.41, 5.74) is 1.26. The quantitative estimate of drug-likeness (QED) is 0.821. The fraction of sp³-hybridized carbons (Fsp3) is 0.375. The van der Waals surface area contributed by atoms with E-state index in [1.165, 1.54) is 18.4 Å². The van der Waals surface area contributed by atoms with Crippen LogP contribution in [0.5, 0.6) is 0 Å². The number of hydrogen-bond donors (Lipinski definition) is 1. The number of methoxy groups -OCH3 is 1. The molecule has 0 saturated carbocycles. The minimum absolute atomic E-state index is 0.189. The van der Waals surface area contributed by atoms with E-state index in [-0.39, 0.29) is 12.5 Å². The maximum absolute atomic E-state index is 12.2. The number of amides is 1. The molecule has 124 valence electrons. The van der Waals surface area contributed by atoms with Crippen LogP contribution < -0.4 is 5.32 Å². The smallest absolute Gasteiger partial charge is 0.341 e. The normalized spacial score (nSPS) is 10.8. The van der Waals surface area contributed by atoms with Crippen LogP contribution >= 0.6 is 11.3 Å². The molecular weight excluding hydrogens is 316 g/mol. The molecule has 2 heterocycles. The van der Waals surface area contributed by atoms with Crippen molar-refractivity contribution >= 4 is 28.2 Å². The van der Waals surface area contributed by atoms with Gasteiger partial charge in [0.15, 0.2) is 0 Å². The molecule has 23 heavy (non-hydrogen) atoms. The highest BCUT2D eigenvalue weighted by Gasteiger charge is 2.21. The lowest BCUT2D eigenvalue weighted by atomic mass is 10.1. The molecule has 1 amide bonds. The van der Waals surface area contributed by atoms with Gasteiger partial charge in [-0.05, 0) is 38.6 Å². The Bertz CT molecular complexity index is 691. The Morgan fingerprint density at radius 2 is 2.13 bits per heavy atom. The molecule has 0 atom stereocenters. The van der Waals surface area contributed by atoms with Crippen molar-refractivity contribution in [3.63, 3.8) is 0 Å². The van der Waals surface area contributed by atoms with Crippen LogP contribution in [0.1, 0.15) is 26.6 Å². The van der Waals surface area contributed by atoms with Crippen molar-refractivity contribution in [2.75, 3.05) is 26.0 Å². The summed E-state index contributed by atoms with van der Waals surface area (Å²) in [6.07, 6.45) is 1.60. The first-order valence-corrected chi connectivity index (χ1v) is 7.93. The van der Waals surface area contributed by atoms with Crippen molar-refractivity contribution in [3.05, 3.63) is 40.2 Å². The summed E-state index contributed by atoms with van der Waals surface area (Å²) in [6.45, 7) is 4.48. The topological polar surface area (TPSA) is 71.8 Å². The van der Waals surface area contributed by atoms with Crippen LogP contribution in [0.2, 0.25) is 0 Å². The van der Waals surface area contributed by atoms with Gasteiger partial charge in [-0.15, -0.1) is 11.3 Å². The van der Waals surface area contributed by atoms with E-state index < -0.39 is 5.97 Å². The molecule has 2 aromatic rings. The molecule has 2 rings (SSSR count). The SMILES string of the molecule is COC(=O)c1c(NC(=O)CN(C)Cc2ccco2)sc(C)c1C. The molecule has 1 N–H and O–H groups in total. The third kappa shape index (κ3) is 4.20. The highest BCUT2D eigenvalue weighted by atomic mass is 32.1. The number of nitrogens with one attached hydrogen (secondary N) is 1. The maximum Gasteiger partial charge on any atom is 0.341 e. The van der Waals surface area contributed by atoms with Gasteiger partial charge in [0.05, 0.1) is 32.0 Å². The van der Waals surface area contributed by atoms with Crippen LogP contribution in [0.15, 0.2) is 22.8 Å². The number of thiophene rings is 1. The fourth-order valence-electron chi connectivity index (χ4n) is 2.20. The predicted molar refractivity (Wildman–Crippen MR) is 88.8 cm³/mol. The van der Waals surface area contributed by atoms with Gasteiger partial charge in [-0.2, -0.15) is 0 Å². The van der Waals surface area contributed by atoms with Crippen molar-refractivity contribution in [1.82, 2.24) is 4.90 Å². The summed E-state index contributed by atoms with van der Waals surface area (Å²) in [5.74, 6) is 0.162. The highest BCUT2D eigenvalue weighted by Crippen LogP contribution is 2.32. The van der Waals surface area contributed by atoms with Crippen LogP contribution in [-0.2, 0) is 16.1 Å². The predicted octanol–water partition coefficient (Wildman–Crippen LogP) is 2.82. The lowest BCUT2D eigenvalue weighted by Crippen LogP contribution is -2.29. The van der Waals surface area contributed by atoms with E-state index in [0.29, 0.717) is 17.1 Å². The number of anilines is 1. The van der Waals surface area contributed by atoms with E-state index in [1.807, 2.05) is 37.9 Å². The number of likely N-dealkylation sites (N-methyl/N-ethyl adjacent to an activating group) is 1. The van der Waals surface area contributed by atoms with Crippen molar-refractivity contribution in [2.24, 2.45) is 0 Å². The summed E-state index contributed by atoms with van der Waals surface area (Å²) in [5, 5.41) is 3.34. The Morgan fingerprint density at radius 1 is 1.39 bits per heavy atom. The minimum Gasteiger partial charge on any atom is -0.468 e. The third-order valence-corrected chi connectivity index (χ3v) is 4.57. The van der Waals surface area contributed by atoms with E-state index in [0.717, 1.165) is 16.2 Å². The van der Waals surface area contributed by atoms with E-state index in [4.69, 9.17) is 9.15 Å². The van der Waals surface area contributed by atoms with Crippen LogP contribution in [0.4, 0.5) is 5.00 Å². The first-order chi connectivity index (χ1) is 10.9. The molecule has 0 aliphatic carbocycles. The van der Waals surface area contributed by atoms with Gasteiger partial charge in [0.25, 0.3) is 0 Å². The largest absolute Gasteiger partial charge is 0.468 e. The molecule has 6 nitrogen and oxygen atoms in total. The van der Waals surface area contributed by atoms with Crippen molar-refractivity contribution in [1.29, 1.82) is 0 Å². The second-order valence-corrected chi connectivity index (χ2v) is 6.50. The summed E-state index contributed by atoms with van der Waals surface area (Å²) in [4.78, 5) is 26.9. The van der Waals surface area contributed by atoms with Gasteiger partial charge >= 0.3 is 5.97 Å². The monoisotopic (exact) mass is 336 g/mol. The zero-order valence-electron chi connectivity index (χ0n) is 13.6. The van der Waals surface area contributed by atoms with Gasteiger partial charge < -0.3 is 14.5 Å². The number of rotatable bonds is 6. The molecule has 2 aromatic heterocycles. The second kappa shape index (κ2) is 7.43. The van der Waals surface area contributed by atoms with Crippen LogP contribution in [0.25, 0.3) is 0 Å². The third-order valence-electron chi connectivity index (χ3n) is 3.45. The van der Waals surface area contributed by atoms with Gasteiger partial charge in [-0.25, -0.2) is 4.79 Å². The van der Waals surface area contributed by atoms with Crippen molar-refractivity contribution in [2.45, 2.75) is 20.4 Å². The summed E-state index contributed by atoms with van der Waals surface area (Å²) in [6, 6.07) is 3.67. The van der Waals surface area contributed by atoms with Gasteiger partial charge in [0.1, 0.15) is 10.8 Å². The zero-order chi connectivity index (χ0) is 17.0. The average molecular weight is 336 g/mol. The first-order valence-electron chi connectivity index (χ1n) is 7.11. The number of hydrogen-bond acceptors (Lipinski definition) is 6. The van der Waals surface area contributed by atoms with Crippen molar-refractivity contribution < 1.29 is 18.7 Å². The zero-order valence-corrected chi connectivity index (χ0v) is 14.5. The lowest BCUT2D eigenvalue weighted by Gasteiger charge is -2.14. The Labute approximate surface area is 139 Å². The summed E-state index contributed by atoms with van der Waals surface area (Å²) in [7, 11) is 3.16. The van der Waals surface area contributed by atoms with E-state index in [1.54, 1.807) is 6.26 Å². The molecule has 0 saturated heterocycles. The number of furan rings is 1. The molecule has 0 spiro atoms. The highest BCUT2D eigenvalue weighted by molar-refractivity contribution is 7.16.